The van der Waals surface area contributed by atoms with E-state index >= 15 is 0 Å². The van der Waals surface area contributed by atoms with Gasteiger partial charge in [-0.15, -0.1) is 0 Å². The Labute approximate surface area is 126 Å². The van der Waals surface area contributed by atoms with Gasteiger partial charge in [0.25, 0.3) is 5.91 Å². The zero-order valence-corrected chi connectivity index (χ0v) is 12.0. The molecule has 100 valence electrons. The maximum atomic E-state index is 12.2. The van der Waals surface area contributed by atoms with Gasteiger partial charge in [0, 0.05) is 11.9 Å². The number of hydrogen-bond donors (Lipinski definition) is 1. The van der Waals surface area contributed by atoms with E-state index in [0.29, 0.717) is 11.3 Å². The lowest BCUT2D eigenvalue weighted by Gasteiger charge is -2.09. The molecule has 0 spiro atoms. The van der Waals surface area contributed by atoms with Crippen molar-refractivity contribution in [3.63, 3.8) is 0 Å². The quantitative estimate of drug-likeness (QED) is 0.858. The fraction of sp³-hybridized carbons (Fsp3) is 0.0714. The molecule has 4 nitrogen and oxygen atoms in total. The first-order chi connectivity index (χ1) is 9.51. The molecular formula is C14H9Cl2N3O. The number of carbonyl (C=O) groups excluding carboxylic acids is 1. The molecule has 0 aliphatic heterocycles. The van der Waals surface area contributed by atoms with E-state index in [1.807, 2.05) is 13.0 Å². The average molecular weight is 306 g/mol. The molecule has 6 heteroatoms. The molecule has 1 N–H and O–H groups in total. The molecule has 1 aromatic heterocycles. The number of halogens is 2. The van der Waals surface area contributed by atoms with Gasteiger partial charge in [-0.25, -0.2) is 4.98 Å². The molecular weight excluding hydrogens is 297 g/mol. The molecule has 0 aliphatic carbocycles. The lowest BCUT2D eigenvalue weighted by molar-refractivity contribution is 0.102. The zero-order chi connectivity index (χ0) is 14.7. The highest BCUT2D eigenvalue weighted by molar-refractivity contribution is 6.35. The van der Waals surface area contributed by atoms with Gasteiger partial charge in [-0.1, -0.05) is 29.3 Å². The Bertz CT molecular complexity index is 723. The van der Waals surface area contributed by atoms with Crippen LogP contribution < -0.4 is 5.32 Å². The minimum Gasteiger partial charge on any atom is -0.322 e. The predicted octanol–water partition coefficient (Wildman–Crippen LogP) is 3.82. The summed E-state index contributed by atoms with van der Waals surface area (Å²) in [6, 6.07) is 8.45. The third kappa shape index (κ3) is 3.08. The number of nitrogens with zero attached hydrogens (tertiary/aromatic N) is 2. The summed E-state index contributed by atoms with van der Waals surface area (Å²) >= 11 is 11.7. The predicted molar refractivity (Wildman–Crippen MR) is 78.1 cm³/mol. The van der Waals surface area contributed by atoms with Crippen molar-refractivity contribution in [1.29, 1.82) is 5.26 Å². The van der Waals surface area contributed by atoms with Crippen LogP contribution >= 0.6 is 23.2 Å². The Morgan fingerprint density at radius 3 is 2.80 bits per heavy atom. The molecule has 0 atom stereocenters. The first kappa shape index (κ1) is 14.3. The molecule has 0 fully saturated rings. The van der Waals surface area contributed by atoms with Crippen LogP contribution in [0.15, 0.2) is 30.5 Å². The van der Waals surface area contributed by atoms with Crippen LogP contribution in [-0.2, 0) is 0 Å². The van der Waals surface area contributed by atoms with Crippen LogP contribution in [0.3, 0.4) is 0 Å². The van der Waals surface area contributed by atoms with Crippen molar-refractivity contribution < 1.29 is 4.79 Å². The van der Waals surface area contributed by atoms with Crippen LogP contribution in [0.2, 0.25) is 10.2 Å². The van der Waals surface area contributed by atoms with Crippen molar-refractivity contribution in [2.75, 3.05) is 5.32 Å². The maximum absolute atomic E-state index is 12.2. The summed E-state index contributed by atoms with van der Waals surface area (Å²) in [6.07, 6.45) is 1.32. The Morgan fingerprint density at radius 2 is 2.10 bits per heavy atom. The Balaban J connectivity index is 2.33. The Kier molecular flexibility index (Phi) is 4.23. The van der Waals surface area contributed by atoms with E-state index in [4.69, 9.17) is 28.5 Å². The number of amides is 1. The van der Waals surface area contributed by atoms with E-state index in [-0.39, 0.29) is 15.7 Å². The van der Waals surface area contributed by atoms with Crippen molar-refractivity contribution in [2.24, 2.45) is 0 Å². The van der Waals surface area contributed by atoms with Gasteiger partial charge in [0.15, 0.2) is 0 Å². The highest BCUT2D eigenvalue weighted by Gasteiger charge is 2.13. The van der Waals surface area contributed by atoms with E-state index in [2.05, 4.69) is 10.3 Å². The van der Waals surface area contributed by atoms with Gasteiger partial charge in [-0.2, -0.15) is 5.26 Å². The molecule has 0 bridgehead atoms. The number of anilines is 1. The number of benzene rings is 1. The molecule has 20 heavy (non-hydrogen) atoms. The van der Waals surface area contributed by atoms with Gasteiger partial charge < -0.3 is 5.32 Å². The lowest BCUT2D eigenvalue weighted by atomic mass is 10.1. The van der Waals surface area contributed by atoms with Gasteiger partial charge in [0.1, 0.15) is 5.15 Å². The van der Waals surface area contributed by atoms with E-state index in [9.17, 15) is 4.79 Å². The normalized spacial score (nSPS) is 9.90. The van der Waals surface area contributed by atoms with Gasteiger partial charge in [0.05, 0.1) is 22.2 Å². The minimum atomic E-state index is -0.405. The molecule has 0 aliphatic rings. The number of rotatable bonds is 2. The summed E-state index contributed by atoms with van der Waals surface area (Å²) in [5, 5.41) is 12.0. The molecule has 0 unspecified atom stereocenters. The minimum absolute atomic E-state index is 0.182. The third-order valence-electron chi connectivity index (χ3n) is 2.68. The zero-order valence-electron chi connectivity index (χ0n) is 10.4. The second-order valence-electron chi connectivity index (χ2n) is 4.08. The summed E-state index contributed by atoms with van der Waals surface area (Å²) in [5.74, 6) is -0.405. The smallest absolute Gasteiger partial charge is 0.257 e. The van der Waals surface area contributed by atoms with E-state index in [0.717, 1.165) is 5.56 Å². The molecule has 1 amide bonds. The van der Waals surface area contributed by atoms with Crippen LogP contribution in [-0.4, -0.2) is 10.9 Å². The summed E-state index contributed by atoms with van der Waals surface area (Å²) < 4.78 is 0. The number of nitrogens with one attached hydrogen (secondary N) is 1. The van der Waals surface area contributed by atoms with Crippen LogP contribution in [0.5, 0.6) is 0 Å². The summed E-state index contributed by atoms with van der Waals surface area (Å²) in [7, 11) is 0. The second-order valence-corrected chi connectivity index (χ2v) is 4.88. The van der Waals surface area contributed by atoms with Crippen molar-refractivity contribution in [2.45, 2.75) is 6.92 Å². The highest BCUT2D eigenvalue weighted by atomic mass is 35.5. The van der Waals surface area contributed by atoms with Gasteiger partial charge in [-0.3, -0.25) is 4.79 Å². The van der Waals surface area contributed by atoms with Crippen molar-refractivity contribution in [3.05, 3.63) is 57.3 Å². The average Bonchev–Trinajstić information content (AvgIpc) is 2.43. The molecule has 0 saturated carbocycles. The monoisotopic (exact) mass is 305 g/mol. The molecule has 2 aromatic rings. The van der Waals surface area contributed by atoms with Gasteiger partial charge in [-0.05, 0) is 30.7 Å². The Hall–Kier alpha value is -2.09. The second kappa shape index (κ2) is 5.91. The highest BCUT2D eigenvalue weighted by Crippen LogP contribution is 2.22. The van der Waals surface area contributed by atoms with Crippen LogP contribution in [0.1, 0.15) is 21.5 Å². The number of aryl methyl sites for hydroxylation is 1. The third-order valence-corrected chi connectivity index (χ3v) is 3.19. The number of nitriles is 1. The van der Waals surface area contributed by atoms with Crippen molar-refractivity contribution >= 4 is 34.8 Å². The number of hydrogen-bond acceptors (Lipinski definition) is 3. The summed E-state index contributed by atoms with van der Waals surface area (Å²) in [5.41, 5.74) is 2.09. The number of aromatic nitrogens is 1. The van der Waals surface area contributed by atoms with Gasteiger partial charge in [0.2, 0.25) is 0 Å². The molecule has 1 heterocycles. The van der Waals surface area contributed by atoms with E-state index < -0.39 is 5.91 Å². The summed E-state index contributed by atoms with van der Waals surface area (Å²) in [6.45, 7) is 1.83. The summed E-state index contributed by atoms with van der Waals surface area (Å²) in [4.78, 5) is 16.0. The lowest BCUT2D eigenvalue weighted by Crippen LogP contribution is -2.13. The topological polar surface area (TPSA) is 65.8 Å². The standard InChI is InChI=1S/C14H9Cl2N3O/c1-8-2-3-9(6-17)4-12(8)19-14(20)10-5-13(16)18-7-11(10)15/h2-5,7H,1H3,(H,19,20). The molecule has 1 aromatic carbocycles. The van der Waals surface area contributed by atoms with Crippen LogP contribution in [0.25, 0.3) is 0 Å². The molecule has 0 saturated heterocycles. The molecule has 0 radical (unpaired) electrons. The van der Waals surface area contributed by atoms with Crippen molar-refractivity contribution in [3.8, 4) is 6.07 Å². The Morgan fingerprint density at radius 1 is 1.35 bits per heavy atom. The van der Waals surface area contributed by atoms with Crippen LogP contribution in [0.4, 0.5) is 5.69 Å². The largest absolute Gasteiger partial charge is 0.322 e. The fourth-order valence-corrected chi connectivity index (χ4v) is 1.95. The van der Waals surface area contributed by atoms with Gasteiger partial charge >= 0.3 is 0 Å². The van der Waals surface area contributed by atoms with E-state index in [1.54, 1.807) is 18.2 Å². The van der Waals surface area contributed by atoms with E-state index in [1.165, 1.54) is 12.3 Å². The number of carbonyl (C=O) groups is 1. The SMILES string of the molecule is Cc1ccc(C#N)cc1NC(=O)c1cc(Cl)ncc1Cl. The number of pyridine rings is 1. The first-order valence-electron chi connectivity index (χ1n) is 5.64. The fourth-order valence-electron chi connectivity index (χ4n) is 1.60. The van der Waals surface area contributed by atoms with Crippen molar-refractivity contribution in [1.82, 2.24) is 4.98 Å². The maximum Gasteiger partial charge on any atom is 0.257 e. The molecule has 2 rings (SSSR count). The first-order valence-corrected chi connectivity index (χ1v) is 6.40. The van der Waals surface area contributed by atoms with Crippen LogP contribution in [0, 0.1) is 18.3 Å².